The molecule has 0 saturated heterocycles. The first-order valence-electron chi connectivity index (χ1n) is 24.2. The number of benzene rings is 13. The van der Waals surface area contributed by atoms with Gasteiger partial charge in [-0.25, -0.2) is 0 Å². The van der Waals surface area contributed by atoms with Gasteiger partial charge in [-0.15, -0.1) is 0 Å². The second kappa shape index (κ2) is 16.3. The van der Waals surface area contributed by atoms with Gasteiger partial charge in [-0.3, -0.25) is 9.80 Å². The van der Waals surface area contributed by atoms with Crippen LogP contribution in [0.4, 0.5) is 34.4 Å². The Morgan fingerprint density at radius 2 is 0.600 bits per heavy atom. The van der Waals surface area contributed by atoms with Crippen LogP contribution in [0.2, 0.25) is 0 Å². The Hall–Kier alpha value is -9.18. The standard InChI is InChI=1S/C67H45N3/c1-6-18-45(19-7-1)44-68-66(69(54-28-12-4-13-29-54)58-42-38-52-34-32-48-24-16-26-50-36-40-56(58)62(52)60(48)50)64(46-20-8-2-9-21-46)65(47-22-10-3-11-23-47)67(68)70(55-30-14-5-15-31-55)59-43-39-53-35-33-49-25-17-27-51-37-41-57(59)63(53)61(49)51/h1-43H,44H2. The molecule has 328 valence electrons. The van der Waals surface area contributed by atoms with Crippen molar-refractivity contribution in [1.29, 1.82) is 0 Å². The minimum Gasteiger partial charge on any atom is -0.308 e. The van der Waals surface area contributed by atoms with Crippen molar-refractivity contribution in [2.24, 2.45) is 0 Å². The number of para-hydroxylation sites is 2. The van der Waals surface area contributed by atoms with Crippen LogP contribution in [0.1, 0.15) is 5.56 Å². The van der Waals surface area contributed by atoms with Gasteiger partial charge in [0.1, 0.15) is 11.6 Å². The number of nitrogens with zero attached hydrogens (tertiary/aromatic N) is 3. The van der Waals surface area contributed by atoms with Gasteiger partial charge < -0.3 is 4.57 Å². The molecule has 14 aromatic rings. The van der Waals surface area contributed by atoms with Crippen molar-refractivity contribution in [2.75, 3.05) is 9.80 Å². The highest BCUT2D eigenvalue weighted by molar-refractivity contribution is 6.27. The van der Waals surface area contributed by atoms with Crippen LogP contribution in [0.5, 0.6) is 0 Å². The van der Waals surface area contributed by atoms with Crippen molar-refractivity contribution < 1.29 is 0 Å². The van der Waals surface area contributed by atoms with Crippen LogP contribution in [0.25, 0.3) is 86.9 Å². The Labute approximate surface area is 406 Å². The fourth-order valence-electron chi connectivity index (χ4n) is 11.5. The summed E-state index contributed by atoms with van der Waals surface area (Å²) in [6.45, 7) is 0.586. The first-order valence-corrected chi connectivity index (χ1v) is 24.2. The third-order valence-electron chi connectivity index (χ3n) is 14.5. The SMILES string of the molecule is c1ccc(Cn2c(N(c3ccccc3)c3ccc4ccc5cccc6ccc3c4c56)c(-c3ccccc3)c(-c3ccccc3)c2N(c2ccccc2)c2ccc3ccc4cccc5ccc2c3c45)cc1. The van der Waals surface area contributed by atoms with E-state index in [4.69, 9.17) is 0 Å². The molecule has 70 heavy (non-hydrogen) atoms. The largest absolute Gasteiger partial charge is 0.308 e. The topological polar surface area (TPSA) is 11.4 Å². The Balaban J connectivity index is 1.19. The lowest BCUT2D eigenvalue weighted by Gasteiger charge is -2.33. The summed E-state index contributed by atoms with van der Waals surface area (Å²) in [7, 11) is 0. The molecule has 3 nitrogen and oxygen atoms in total. The summed E-state index contributed by atoms with van der Waals surface area (Å²) in [5.74, 6) is 2.15. The molecular weight excluding hydrogens is 847 g/mol. The van der Waals surface area contributed by atoms with Crippen LogP contribution in [-0.4, -0.2) is 4.57 Å². The van der Waals surface area contributed by atoms with Crippen molar-refractivity contribution in [1.82, 2.24) is 4.57 Å². The predicted molar refractivity (Wildman–Crippen MR) is 298 cm³/mol. The van der Waals surface area contributed by atoms with Crippen molar-refractivity contribution in [3.8, 4) is 22.3 Å². The average molecular weight is 892 g/mol. The van der Waals surface area contributed by atoms with E-state index in [-0.39, 0.29) is 0 Å². The Morgan fingerprint density at radius 3 is 1.00 bits per heavy atom. The van der Waals surface area contributed by atoms with Gasteiger partial charge >= 0.3 is 0 Å². The molecule has 14 rings (SSSR count). The summed E-state index contributed by atoms with van der Waals surface area (Å²) in [5.41, 5.74) is 10.1. The summed E-state index contributed by atoms with van der Waals surface area (Å²) in [4.78, 5) is 5.11. The number of rotatable bonds is 10. The molecule has 1 heterocycles. The lowest BCUT2D eigenvalue weighted by Crippen LogP contribution is -2.20. The van der Waals surface area contributed by atoms with Gasteiger partial charge in [-0.05, 0) is 107 Å². The van der Waals surface area contributed by atoms with E-state index in [1.807, 2.05) is 0 Å². The fourth-order valence-corrected chi connectivity index (χ4v) is 11.5. The molecular formula is C67H45N3. The highest BCUT2D eigenvalue weighted by Gasteiger charge is 2.35. The third-order valence-corrected chi connectivity index (χ3v) is 14.5. The Bertz CT molecular complexity index is 3900. The first kappa shape index (κ1) is 39.9. The molecule has 0 saturated carbocycles. The van der Waals surface area contributed by atoms with Gasteiger partial charge in [0.25, 0.3) is 0 Å². The van der Waals surface area contributed by atoms with E-state index in [0.717, 1.165) is 56.6 Å². The zero-order valence-electron chi connectivity index (χ0n) is 38.4. The van der Waals surface area contributed by atoms with Gasteiger partial charge in [0.05, 0.1) is 17.9 Å². The molecule has 0 radical (unpaired) electrons. The minimum atomic E-state index is 0.586. The second-order valence-electron chi connectivity index (χ2n) is 18.4. The van der Waals surface area contributed by atoms with Gasteiger partial charge in [0, 0.05) is 33.3 Å². The van der Waals surface area contributed by atoms with Crippen LogP contribution in [0, 0.1) is 0 Å². The number of aromatic nitrogens is 1. The van der Waals surface area contributed by atoms with Crippen LogP contribution in [0.15, 0.2) is 261 Å². The zero-order chi connectivity index (χ0) is 46.1. The molecule has 0 aliphatic carbocycles. The summed E-state index contributed by atoms with van der Waals surface area (Å²) in [6.07, 6.45) is 0. The van der Waals surface area contributed by atoms with E-state index >= 15 is 0 Å². The van der Waals surface area contributed by atoms with E-state index < -0.39 is 0 Å². The van der Waals surface area contributed by atoms with Crippen molar-refractivity contribution >= 4 is 99.0 Å². The van der Waals surface area contributed by atoms with Crippen LogP contribution >= 0.6 is 0 Å². The first-order chi connectivity index (χ1) is 34.8. The van der Waals surface area contributed by atoms with E-state index in [0.29, 0.717) is 6.54 Å². The van der Waals surface area contributed by atoms with Gasteiger partial charge in [-0.2, -0.15) is 0 Å². The maximum absolute atomic E-state index is 2.62. The van der Waals surface area contributed by atoms with Gasteiger partial charge in [-0.1, -0.05) is 224 Å². The number of hydrogen-bond donors (Lipinski definition) is 0. The number of hydrogen-bond acceptors (Lipinski definition) is 2. The molecule has 0 unspecified atom stereocenters. The fraction of sp³-hybridized carbons (Fsp3) is 0.0149. The molecule has 0 spiro atoms. The van der Waals surface area contributed by atoms with Crippen LogP contribution in [-0.2, 0) is 6.54 Å². The number of anilines is 6. The summed E-state index contributed by atoms with van der Waals surface area (Å²) >= 11 is 0. The molecule has 0 fully saturated rings. The molecule has 0 aliphatic heterocycles. The molecule has 0 amide bonds. The quantitative estimate of drug-likeness (QED) is 0.127. The van der Waals surface area contributed by atoms with Gasteiger partial charge in [0.2, 0.25) is 0 Å². The average Bonchev–Trinajstić information content (AvgIpc) is 3.75. The highest BCUT2D eigenvalue weighted by atomic mass is 15.3. The van der Waals surface area contributed by atoms with Crippen molar-refractivity contribution in [3.63, 3.8) is 0 Å². The second-order valence-corrected chi connectivity index (χ2v) is 18.4. The zero-order valence-corrected chi connectivity index (χ0v) is 38.4. The van der Waals surface area contributed by atoms with Crippen LogP contribution in [0.3, 0.4) is 0 Å². The third kappa shape index (κ3) is 6.29. The summed E-state index contributed by atoms with van der Waals surface area (Å²) in [5, 5.41) is 15.0. The molecule has 0 aliphatic rings. The molecule has 0 N–H and O–H groups in total. The van der Waals surface area contributed by atoms with E-state index in [9.17, 15) is 0 Å². The van der Waals surface area contributed by atoms with Crippen molar-refractivity contribution in [2.45, 2.75) is 6.54 Å². The maximum Gasteiger partial charge on any atom is 0.128 e. The predicted octanol–water partition coefficient (Wildman–Crippen LogP) is 18.6. The maximum atomic E-state index is 2.62. The molecule has 0 bridgehead atoms. The lowest BCUT2D eigenvalue weighted by molar-refractivity contribution is 0.800. The summed E-state index contributed by atoms with van der Waals surface area (Å²) in [6, 6.07) is 96.3. The minimum absolute atomic E-state index is 0.586. The molecule has 13 aromatic carbocycles. The monoisotopic (exact) mass is 891 g/mol. The molecule has 3 heteroatoms. The van der Waals surface area contributed by atoms with Gasteiger partial charge in [0.15, 0.2) is 0 Å². The highest BCUT2D eigenvalue weighted by Crippen LogP contribution is 2.57. The summed E-state index contributed by atoms with van der Waals surface area (Å²) < 4.78 is 2.62. The van der Waals surface area contributed by atoms with E-state index in [1.54, 1.807) is 0 Å². The Kier molecular flexibility index (Phi) is 9.28. The Morgan fingerprint density at radius 1 is 0.271 bits per heavy atom. The lowest BCUT2D eigenvalue weighted by atomic mass is 9.92. The molecule has 1 aromatic heterocycles. The smallest absolute Gasteiger partial charge is 0.128 e. The normalized spacial score (nSPS) is 11.8. The van der Waals surface area contributed by atoms with Crippen molar-refractivity contribution in [3.05, 3.63) is 266 Å². The van der Waals surface area contributed by atoms with Crippen LogP contribution < -0.4 is 9.80 Å². The molecule has 0 atom stereocenters. The van der Waals surface area contributed by atoms with E-state index in [1.165, 1.54) is 70.2 Å². The van der Waals surface area contributed by atoms with E-state index in [2.05, 4.69) is 275 Å².